The summed E-state index contributed by atoms with van der Waals surface area (Å²) in [6.45, 7) is 0.438. The minimum atomic E-state index is -4.43. The molecule has 2 rings (SSSR count). The van der Waals surface area contributed by atoms with Crippen LogP contribution in [0.1, 0.15) is 5.56 Å². The summed E-state index contributed by atoms with van der Waals surface area (Å²) in [6.07, 6.45) is -3.50. The van der Waals surface area contributed by atoms with Gasteiger partial charge in [0.1, 0.15) is 12.3 Å². The lowest BCUT2D eigenvalue weighted by molar-refractivity contribution is -0.622. The Kier molecular flexibility index (Phi) is 3.82. The van der Waals surface area contributed by atoms with Crippen LogP contribution in [0.4, 0.5) is 13.2 Å². The normalized spacial score (nSPS) is 16.6. The van der Waals surface area contributed by atoms with Crippen LogP contribution in [0.2, 0.25) is 5.02 Å². The fourth-order valence-electron chi connectivity index (χ4n) is 1.73. The maximum Gasteiger partial charge on any atom is 0.466 e. The first-order valence-electron chi connectivity index (χ1n) is 5.53. The number of nitrogens with zero attached hydrogens (tertiary/aromatic N) is 1. The van der Waals surface area contributed by atoms with Crippen molar-refractivity contribution in [3.05, 3.63) is 40.6 Å². The molecule has 0 spiro atoms. The molecule has 0 fully saturated rings. The van der Waals surface area contributed by atoms with E-state index in [1.807, 2.05) is 0 Å². The summed E-state index contributed by atoms with van der Waals surface area (Å²) < 4.78 is 38.2. The zero-order valence-electron chi connectivity index (χ0n) is 9.71. The van der Waals surface area contributed by atoms with Gasteiger partial charge in [0.2, 0.25) is 5.70 Å². The number of halogens is 4. The number of benzene rings is 1. The molecule has 1 heterocycles. The number of nitrogens with two attached hydrogens (primary N) is 1. The van der Waals surface area contributed by atoms with E-state index in [9.17, 15) is 18.3 Å². The number of aliphatic imine (C=N–C) groups is 1. The molecule has 0 atom stereocenters. The van der Waals surface area contributed by atoms with Gasteiger partial charge in [-0.05, 0) is 18.2 Å². The van der Waals surface area contributed by atoms with Gasteiger partial charge in [-0.3, -0.25) is 4.99 Å². The highest BCUT2D eigenvalue weighted by atomic mass is 35.5. The van der Waals surface area contributed by atoms with Crippen LogP contribution in [-0.4, -0.2) is 30.1 Å². The van der Waals surface area contributed by atoms with Crippen molar-refractivity contribution in [1.82, 2.24) is 0 Å². The standard InChI is InChI=1S/C12H10ClF3N2O/c13-7-1-2-10(19)8(5-7)9-6-11(12(14,15)16)18-4-3-17-9/h1-2,5-6,18-19H,3-4H2/p+1. The third-order valence-electron chi connectivity index (χ3n) is 2.63. The molecule has 0 saturated carbocycles. The second-order valence-electron chi connectivity index (χ2n) is 4.02. The van der Waals surface area contributed by atoms with Crippen molar-refractivity contribution in [3.63, 3.8) is 0 Å². The smallest absolute Gasteiger partial charge is 0.466 e. The highest BCUT2D eigenvalue weighted by molar-refractivity contribution is 6.31. The topological polar surface area (TPSA) is 49.2 Å². The second-order valence-corrected chi connectivity index (χ2v) is 4.46. The first kappa shape index (κ1) is 13.9. The van der Waals surface area contributed by atoms with Crippen LogP contribution in [-0.2, 0) is 0 Å². The fraction of sp³-hybridized carbons (Fsp3) is 0.250. The average molecular weight is 292 g/mol. The molecular formula is C12H11ClF3N2O+. The number of aromatic hydroxyl groups is 1. The van der Waals surface area contributed by atoms with Crippen molar-refractivity contribution in [2.45, 2.75) is 6.18 Å². The molecule has 102 valence electrons. The number of hydrogen-bond donors (Lipinski definition) is 2. The summed E-state index contributed by atoms with van der Waals surface area (Å²) in [7, 11) is 0. The summed E-state index contributed by atoms with van der Waals surface area (Å²) in [5.41, 5.74) is -0.478. The van der Waals surface area contributed by atoms with E-state index in [1.165, 1.54) is 18.2 Å². The van der Waals surface area contributed by atoms with E-state index < -0.39 is 11.9 Å². The van der Waals surface area contributed by atoms with Crippen molar-refractivity contribution in [3.8, 4) is 5.75 Å². The Labute approximate surface area is 112 Å². The van der Waals surface area contributed by atoms with Gasteiger partial charge in [0.15, 0.2) is 0 Å². The predicted octanol–water partition coefficient (Wildman–Crippen LogP) is 1.86. The first-order valence-corrected chi connectivity index (χ1v) is 5.91. The largest absolute Gasteiger partial charge is 0.507 e. The number of quaternary nitrogens is 1. The number of hydrogen-bond acceptors (Lipinski definition) is 2. The predicted molar refractivity (Wildman–Crippen MR) is 65.5 cm³/mol. The zero-order chi connectivity index (χ0) is 14.0. The molecule has 0 aromatic heterocycles. The molecule has 0 amide bonds. The van der Waals surface area contributed by atoms with Crippen molar-refractivity contribution < 1.29 is 23.6 Å². The van der Waals surface area contributed by atoms with E-state index in [4.69, 9.17) is 11.6 Å². The third-order valence-corrected chi connectivity index (χ3v) is 2.86. The van der Waals surface area contributed by atoms with E-state index in [1.54, 1.807) is 0 Å². The van der Waals surface area contributed by atoms with Crippen molar-refractivity contribution >= 4 is 17.3 Å². The lowest BCUT2D eigenvalue weighted by atomic mass is 10.1. The highest BCUT2D eigenvalue weighted by Crippen LogP contribution is 2.26. The molecule has 3 N–H and O–H groups in total. The molecule has 0 saturated heterocycles. The molecule has 3 nitrogen and oxygen atoms in total. The van der Waals surface area contributed by atoms with Gasteiger partial charge in [-0.1, -0.05) is 11.6 Å². The Balaban J connectivity index is 2.47. The third kappa shape index (κ3) is 3.27. The van der Waals surface area contributed by atoms with Crippen molar-refractivity contribution in [1.29, 1.82) is 0 Å². The zero-order valence-corrected chi connectivity index (χ0v) is 10.5. The molecule has 0 aliphatic carbocycles. The molecule has 19 heavy (non-hydrogen) atoms. The SMILES string of the molecule is Oc1ccc(Cl)cc1C1=NCC[NH2+]C(C(F)(F)F)=C1. The number of phenols is 1. The average Bonchev–Trinajstić information content (AvgIpc) is 2.57. The molecule has 0 bridgehead atoms. The molecule has 0 unspecified atom stereocenters. The maximum atomic E-state index is 12.7. The van der Waals surface area contributed by atoms with Crippen LogP contribution in [0.25, 0.3) is 0 Å². The summed E-state index contributed by atoms with van der Waals surface area (Å²) in [6, 6.07) is 4.18. The van der Waals surface area contributed by atoms with Gasteiger partial charge in [-0.25, -0.2) is 0 Å². The van der Waals surface area contributed by atoms with Crippen LogP contribution in [0, 0.1) is 0 Å². The van der Waals surface area contributed by atoms with Gasteiger partial charge < -0.3 is 10.4 Å². The van der Waals surface area contributed by atoms with Gasteiger partial charge in [0.05, 0.1) is 12.3 Å². The number of rotatable bonds is 1. The molecule has 1 aromatic carbocycles. The van der Waals surface area contributed by atoms with Crippen LogP contribution in [0.5, 0.6) is 5.75 Å². The molecule has 7 heteroatoms. The van der Waals surface area contributed by atoms with Gasteiger partial charge >= 0.3 is 6.18 Å². The molecule has 1 aliphatic rings. The van der Waals surface area contributed by atoms with Gasteiger partial charge in [-0.2, -0.15) is 13.2 Å². The number of alkyl halides is 3. The molecule has 1 aliphatic heterocycles. The van der Waals surface area contributed by atoms with Crippen molar-refractivity contribution in [2.24, 2.45) is 4.99 Å². The van der Waals surface area contributed by atoms with Crippen LogP contribution >= 0.6 is 11.6 Å². The van der Waals surface area contributed by atoms with Crippen LogP contribution < -0.4 is 5.32 Å². The summed E-state index contributed by atoms with van der Waals surface area (Å²) in [4.78, 5) is 4.05. The quantitative estimate of drug-likeness (QED) is 0.815. The number of phenolic OH excluding ortho intramolecular Hbond substituents is 1. The molecule has 1 aromatic rings. The maximum absolute atomic E-state index is 12.7. The lowest BCUT2D eigenvalue weighted by Crippen LogP contribution is -2.85. The monoisotopic (exact) mass is 291 g/mol. The molecule has 0 radical (unpaired) electrons. The highest BCUT2D eigenvalue weighted by Gasteiger charge is 2.39. The fourth-order valence-corrected chi connectivity index (χ4v) is 1.90. The molecular weight excluding hydrogens is 281 g/mol. The Hall–Kier alpha value is -1.53. The number of allylic oxidation sites excluding steroid dienone is 2. The minimum Gasteiger partial charge on any atom is -0.507 e. The van der Waals surface area contributed by atoms with E-state index >= 15 is 0 Å². The Morgan fingerprint density at radius 1 is 1.32 bits per heavy atom. The first-order chi connectivity index (χ1) is 8.88. The van der Waals surface area contributed by atoms with Gasteiger partial charge in [0, 0.05) is 16.7 Å². The van der Waals surface area contributed by atoms with Gasteiger partial charge in [-0.15, -0.1) is 0 Å². The Morgan fingerprint density at radius 3 is 2.74 bits per heavy atom. The minimum absolute atomic E-state index is 0.0843. The Morgan fingerprint density at radius 2 is 2.05 bits per heavy atom. The van der Waals surface area contributed by atoms with Crippen molar-refractivity contribution in [2.75, 3.05) is 13.1 Å². The van der Waals surface area contributed by atoms with E-state index in [-0.39, 0.29) is 30.1 Å². The lowest BCUT2D eigenvalue weighted by Gasteiger charge is -2.08. The van der Waals surface area contributed by atoms with E-state index in [0.29, 0.717) is 5.02 Å². The summed E-state index contributed by atoms with van der Waals surface area (Å²) in [5.74, 6) is -0.150. The van der Waals surface area contributed by atoms with E-state index in [0.717, 1.165) is 11.4 Å². The second kappa shape index (κ2) is 5.22. The summed E-state index contributed by atoms with van der Waals surface area (Å²) in [5, 5.41) is 11.1. The van der Waals surface area contributed by atoms with Crippen LogP contribution in [0.3, 0.4) is 0 Å². The van der Waals surface area contributed by atoms with Gasteiger partial charge in [0.25, 0.3) is 0 Å². The Bertz CT molecular complexity index is 552. The van der Waals surface area contributed by atoms with Crippen LogP contribution in [0.15, 0.2) is 35.0 Å². The summed E-state index contributed by atoms with van der Waals surface area (Å²) >= 11 is 5.79. The van der Waals surface area contributed by atoms with E-state index in [2.05, 4.69) is 4.99 Å².